The van der Waals surface area contributed by atoms with Crippen LogP contribution >= 0.6 is 22.9 Å². The highest BCUT2D eigenvalue weighted by atomic mass is 35.5. The van der Waals surface area contributed by atoms with Crippen molar-refractivity contribution in [3.05, 3.63) is 34.8 Å². The first-order valence-electron chi connectivity index (χ1n) is 7.25. The number of carbonyl (C=O) groups is 2. The maximum Gasteiger partial charge on any atom is 0.247 e. The quantitative estimate of drug-likeness (QED) is 0.430. The summed E-state index contributed by atoms with van der Waals surface area (Å²) in [4.78, 5) is 25.0. The minimum atomic E-state index is -0.376. The third kappa shape index (κ3) is 6.12. The van der Waals surface area contributed by atoms with Crippen LogP contribution in [0.1, 0.15) is 10.6 Å². The highest BCUT2D eigenvalue weighted by molar-refractivity contribution is 7.15. The van der Waals surface area contributed by atoms with E-state index in [0.29, 0.717) is 10.1 Å². The lowest BCUT2D eigenvalue weighted by molar-refractivity contribution is -0.120. The van der Waals surface area contributed by atoms with Crippen LogP contribution in [0.25, 0.3) is 0 Å². The van der Waals surface area contributed by atoms with E-state index in [1.807, 2.05) is 43.3 Å². The summed E-state index contributed by atoms with van der Waals surface area (Å²) in [6, 6.07) is 7.73. The monoisotopic (exact) mass is 380 g/mol. The molecule has 0 saturated heterocycles. The zero-order chi connectivity index (χ0) is 18.2. The highest BCUT2D eigenvalue weighted by Gasteiger charge is 2.10. The van der Waals surface area contributed by atoms with Crippen molar-refractivity contribution >= 4 is 51.8 Å². The summed E-state index contributed by atoms with van der Waals surface area (Å²) in [7, 11) is 3.92. The zero-order valence-corrected chi connectivity index (χ0v) is 15.3. The number of halogens is 1. The molecule has 0 unspecified atom stereocenters. The highest BCUT2D eigenvalue weighted by Crippen LogP contribution is 2.15. The molecule has 0 fully saturated rings. The molecular formula is C15H17ClN6O2S. The number of nitrogens with one attached hydrogen (secondary N) is 2. The predicted octanol–water partition coefficient (Wildman–Crippen LogP) is 1.47. The van der Waals surface area contributed by atoms with E-state index in [4.69, 9.17) is 11.6 Å². The zero-order valence-electron chi connectivity index (χ0n) is 13.7. The standard InChI is InChI=1S/C15H17ClN6O2S/c1-22(2)11-5-3-10(4-6-11)9-17-19-12(23)7-14-20-21-15(25-14)18-13(24)8-16/h3-6,9H,7-8H2,1-2H3,(H,19,23)(H,18,21,24)/b17-9-. The Balaban J connectivity index is 1.83. The normalized spacial score (nSPS) is 10.7. The Morgan fingerprint density at radius 3 is 2.60 bits per heavy atom. The summed E-state index contributed by atoms with van der Waals surface area (Å²) >= 11 is 6.50. The van der Waals surface area contributed by atoms with Crippen LogP contribution in [0.5, 0.6) is 0 Å². The molecule has 2 rings (SSSR count). The van der Waals surface area contributed by atoms with E-state index in [9.17, 15) is 9.59 Å². The number of hydrazone groups is 1. The molecule has 2 aromatic rings. The van der Waals surface area contributed by atoms with Crippen LogP contribution in [0.2, 0.25) is 0 Å². The fourth-order valence-electron chi connectivity index (χ4n) is 1.74. The molecule has 1 aromatic heterocycles. The summed E-state index contributed by atoms with van der Waals surface area (Å²) in [6.45, 7) is 0. The largest absolute Gasteiger partial charge is 0.378 e. The van der Waals surface area contributed by atoms with Gasteiger partial charge in [0, 0.05) is 19.8 Å². The number of carbonyl (C=O) groups excluding carboxylic acids is 2. The smallest absolute Gasteiger partial charge is 0.247 e. The molecule has 25 heavy (non-hydrogen) atoms. The summed E-state index contributed by atoms with van der Waals surface area (Å²) < 4.78 is 0. The number of amides is 2. The van der Waals surface area contributed by atoms with Crippen molar-refractivity contribution in [2.75, 3.05) is 30.2 Å². The second-order valence-corrected chi connectivity index (χ2v) is 6.47. The van der Waals surface area contributed by atoms with Crippen molar-refractivity contribution in [3.63, 3.8) is 0 Å². The van der Waals surface area contributed by atoms with Gasteiger partial charge >= 0.3 is 0 Å². The van der Waals surface area contributed by atoms with Crippen molar-refractivity contribution < 1.29 is 9.59 Å². The summed E-state index contributed by atoms with van der Waals surface area (Å²) in [5.41, 5.74) is 4.38. The molecule has 0 saturated carbocycles. The van der Waals surface area contributed by atoms with Crippen molar-refractivity contribution in [1.29, 1.82) is 0 Å². The molecule has 0 bridgehead atoms. The number of anilines is 2. The molecule has 2 N–H and O–H groups in total. The Morgan fingerprint density at radius 1 is 1.24 bits per heavy atom. The fourth-order valence-corrected chi connectivity index (χ4v) is 2.56. The van der Waals surface area contributed by atoms with Gasteiger partial charge in [-0.25, -0.2) is 5.43 Å². The predicted molar refractivity (Wildman–Crippen MR) is 99.5 cm³/mol. The van der Waals surface area contributed by atoms with Crippen LogP contribution in [0.15, 0.2) is 29.4 Å². The van der Waals surface area contributed by atoms with Gasteiger partial charge in [0.1, 0.15) is 10.9 Å². The van der Waals surface area contributed by atoms with E-state index in [2.05, 4.69) is 26.0 Å². The Kier molecular flexibility index (Phi) is 6.84. The molecule has 1 aromatic carbocycles. The first kappa shape index (κ1) is 18.8. The molecule has 0 atom stereocenters. The number of alkyl halides is 1. The lowest BCUT2D eigenvalue weighted by Gasteiger charge is -2.11. The maximum absolute atomic E-state index is 11.8. The van der Waals surface area contributed by atoms with Gasteiger partial charge in [0.05, 0.1) is 12.6 Å². The number of benzene rings is 1. The Hall–Kier alpha value is -2.52. The van der Waals surface area contributed by atoms with Gasteiger partial charge in [0.25, 0.3) is 0 Å². The fraction of sp³-hybridized carbons (Fsp3) is 0.267. The van der Waals surface area contributed by atoms with Gasteiger partial charge in [-0.3, -0.25) is 14.9 Å². The van der Waals surface area contributed by atoms with E-state index >= 15 is 0 Å². The van der Waals surface area contributed by atoms with Gasteiger partial charge in [-0.2, -0.15) is 5.10 Å². The van der Waals surface area contributed by atoms with Crippen LogP contribution in [-0.2, 0) is 16.0 Å². The molecule has 0 spiro atoms. The number of rotatable bonds is 7. The second kappa shape index (κ2) is 9.09. The second-order valence-electron chi connectivity index (χ2n) is 5.14. The molecule has 0 radical (unpaired) electrons. The van der Waals surface area contributed by atoms with Crippen molar-refractivity contribution in [1.82, 2.24) is 15.6 Å². The Morgan fingerprint density at radius 2 is 1.96 bits per heavy atom. The number of hydrogen-bond donors (Lipinski definition) is 2. The van der Waals surface area contributed by atoms with Gasteiger partial charge in [-0.1, -0.05) is 23.5 Å². The molecule has 0 aliphatic heterocycles. The first-order valence-corrected chi connectivity index (χ1v) is 8.60. The molecular weight excluding hydrogens is 364 g/mol. The van der Waals surface area contributed by atoms with E-state index in [1.165, 1.54) is 0 Å². The van der Waals surface area contributed by atoms with E-state index < -0.39 is 0 Å². The average Bonchev–Trinajstić information content (AvgIpc) is 3.01. The summed E-state index contributed by atoms with van der Waals surface area (Å²) in [6.07, 6.45) is 1.58. The lowest BCUT2D eigenvalue weighted by atomic mass is 10.2. The molecule has 0 aliphatic rings. The molecule has 1 heterocycles. The van der Waals surface area contributed by atoms with Crippen LogP contribution in [0.3, 0.4) is 0 Å². The van der Waals surface area contributed by atoms with Gasteiger partial charge in [-0.05, 0) is 17.7 Å². The molecule has 2 amide bonds. The number of aromatic nitrogens is 2. The van der Waals surface area contributed by atoms with Crippen LogP contribution < -0.4 is 15.6 Å². The summed E-state index contributed by atoms with van der Waals surface area (Å²) in [5.74, 6) is -0.870. The Labute approximate surface area is 153 Å². The first-order chi connectivity index (χ1) is 12.0. The molecule has 10 heteroatoms. The third-order valence-electron chi connectivity index (χ3n) is 2.96. The minimum absolute atomic E-state index is 0.0192. The minimum Gasteiger partial charge on any atom is -0.378 e. The average molecular weight is 381 g/mol. The van der Waals surface area contributed by atoms with Gasteiger partial charge < -0.3 is 4.90 Å². The number of hydrogen-bond acceptors (Lipinski definition) is 7. The third-order valence-corrected chi connectivity index (χ3v) is 4.04. The topological polar surface area (TPSA) is 99.6 Å². The van der Waals surface area contributed by atoms with E-state index in [0.717, 1.165) is 22.6 Å². The maximum atomic E-state index is 11.8. The van der Waals surface area contributed by atoms with E-state index in [1.54, 1.807) is 6.21 Å². The van der Waals surface area contributed by atoms with Crippen molar-refractivity contribution in [3.8, 4) is 0 Å². The number of nitrogens with zero attached hydrogens (tertiary/aromatic N) is 4. The Bertz CT molecular complexity index is 760. The van der Waals surface area contributed by atoms with Gasteiger partial charge in [0.2, 0.25) is 16.9 Å². The van der Waals surface area contributed by atoms with Crippen LogP contribution in [0, 0.1) is 0 Å². The molecule has 0 aliphatic carbocycles. The summed E-state index contributed by atoms with van der Waals surface area (Å²) in [5, 5.41) is 14.7. The van der Waals surface area contributed by atoms with E-state index in [-0.39, 0.29) is 24.1 Å². The molecule has 132 valence electrons. The van der Waals surface area contributed by atoms with Crippen molar-refractivity contribution in [2.24, 2.45) is 5.10 Å². The SMILES string of the molecule is CN(C)c1ccc(/C=N\NC(=O)Cc2nnc(NC(=O)CCl)s2)cc1. The van der Waals surface area contributed by atoms with Crippen LogP contribution in [-0.4, -0.2) is 48.2 Å². The van der Waals surface area contributed by atoms with Crippen LogP contribution in [0.4, 0.5) is 10.8 Å². The molecule has 8 nitrogen and oxygen atoms in total. The van der Waals surface area contributed by atoms with Crippen molar-refractivity contribution in [2.45, 2.75) is 6.42 Å². The lowest BCUT2D eigenvalue weighted by Crippen LogP contribution is -2.19. The van der Waals surface area contributed by atoms with Gasteiger partial charge in [-0.15, -0.1) is 21.8 Å². The van der Waals surface area contributed by atoms with Gasteiger partial charge in [0.15, 0.2) is 0 Å².